The summed E-state index contributed by atoms with van der Waals surface area (Å²) in [5, 5.41) is 21.0. The molecule has 2 rings (SSSR count). The third-order valence-electron chi connectivity index (χ3n) is 2.83. The highest BCUT2D eigenvalue weighted by Gasteiger charge is 2.24. The minimum absolute atomic E-state index is 0.0555. The highest BCUT2D eigenvalue weighted by molar-refractivity contribution is 6.33. The van der Waals surface area contributed by atoms with Crippen molar-refractivity contribution in [1.82, 2.24) is 24.9 Å². The van der Waals surface area contributed by atoms with Gasteiger partial charge in [0.15, 0.2) is 5.02 Å². The van der Waals surface area contributed by atoms with Gasteiger partial charge in [-0.3, -0.25) is 9.48 Å². The Morgan fingerprint density at radius 2 is 2.29 bits per heavy atom. The van der Waals surface area contributed by atoms with Crippen LogP contribution in [0.2, 0.25) is 5.02 Å². The van der Waals surface area contributed by atoms with E-state index >= 15 is 0 Å². The lowest BCUT2D eigenvalue weighted by molar-refractivity contribution is -0.389. The second-order valence-electron chi connectivity index (χ2n) is 4.44. The molecule has 1 N–H and O–H groups in total. The zero-order valence-electron chi connectivity index (χ0n) is 11.4. The Labute approximate surface area is 124 Å². The first-order valence-corrected chi connectivity index (χ1v) is 6.37. The van der Waals surface area contributed by atoms with Crippen molar-refractivity contribution in [2.24, 2.45) is 7.05 Å². The number of aryl methyl sites for hydroxylation is 1. The lowest BCUT2D eigenvalue weighted by Gasteiger charge is -2.02. The van der Waals surface area contributed by atoms with E-state index in [0.717, 1.165) is 5.56 Å². The van der Waals surface area contributed by atoms with Gasteiger partial charge in [-0.25, -0.2) is 0 Å². The summed E-state index contributed by atoms with van der Waals surface area (Å²) in [5.74, 6) is -0.773. The summed E-state index contributed by atoms with van der Waals surface area (Å²) in [5.41, 5.74) is 1.23. The SMILES string of the molecule is Cc1c(Cl)c([N+](=O)[O-])nn1CC(=O)NCc1cnn(C)c1. The summed E-state index contributed by atoms with van der Waals surface area (Å²) >= 11 is 5.80. The molecule has 9 nitrogen and oxygen atoms in total. The molecule has 10 heteroatoms. The van der Waals surface area contributed by atoms with Gasteiger partial charge in [0.1, 0.15) is 6.54 Å². The predicted molar refractivity (Wildman–Crippen MR) is 73.7 cm³/mol. The lowest BCUT2D eigenvalue weighted by atomic mass is 10.3. The van der Waals surface area contributed by atoms with Crippen LogP contribution >= 0.6 is 11.6 Å². The maximum absolute atomic E-state index is 11.8. The minimum atomic E-state index is -0.681. The van der Waals surface area contributed by atoms with Crippen LogP contribution in [-0.4, -0.2) is 30.4 Å². The van der Waals surface area contributed by atoms with Gasteiger partial charge in [0.05, 0.1) is 17.0 Å². The van der Waals surface area contributed by atoms with Crippen LogP contribution in [0.1, 0.15) is 11.3 Å². The second kappa shape index (κ2) is 5.92. The average Bonchev–Trinajstić information content (AvgIpc) is 2.95. The van der Waals surface area contributed by atoms with Gasteiger partial charge in [0, 0.05) is 25.4 Å². The second-order valence-corrected chi connectivity index (χ2v) is 4.81. The van der Waals surface area contributed by atoms with Gasteiger partial charge in [-0.15, -0.1) is 0 Å². The van der Waals surface area contributed by atoms with Crippen molar-refractivity contribution in [3.63, 3.8) is 0 Å². The Morgan fingerprint density at radius 1 is 1.57 bits per heavy atom. The normalized spacial score (nSPS) is 10.6. The Balaban J connectivity index is 1.99. The standard InChI is InChI=1S/C11H13ClN6O3/c1-7-10(12)11(18(20)21)15-17(7)6-9(19)13-3-8-4-14-16(2)5-8/h4-5H,3,6H2,1-2H3,(H,13,19). The van der Waals surface area contributed by atoms with Crippen LogP contribution in [0.3, 0.4) is 0 Å². The Hall–Kier alpha value is -2.42. The molecule has 0 unspecified atom stereocenters. The topological polar surface area (TPSA) is 108 Å². The van der Waals surface area contributed by atoms with E-state index in [-0.39, 0.29) is 17.5 Å². The fraction of sp³-hybridized carbons (Fsp3) is 0.364. The van der Waals surface area contributed by atoms with Crippen molar-refractivity contribution in [3.05, 3.63) is 38.8 Å². The molecule has 0 spiro atoms. The van der Waals surface area contributed by atoms with E-state index in [2.05, 4.69) is 15.5 Å². The highest BCUT2D eigenvalue weighted by Crippen LogP contribution is 2.26. The van der Waals surface area contributed by atoms with Gasteiger partial charge >= 0.3 is 5.82 Å². The molecule has 2 aromatic rings. The molecule has 0 radical (unpaired) electrons. The quantitative estimate of drug-likeness (QED) is 0.649. The summed E-state index contributed by atoms with van der Waals surface area (Å²) in [4.78, 5) is 21.9. The molecule has 0 atom stereocenters. The molecule has 0 bridgehead atoms. The molecule has 1 amide bonds. The maximum Gasteiger partial charge on any atom is 0.408 e. The van der Waals surface area contributed by atoms with Gasteiger partial charge in [0.25, 0.3) is 0 Å². The molecular formula is C11H13ClN6O3. The number of hydrogen-bond acceptors (Lipinski definition) is 5. The molecule has 2 aromatic heterocycles. The number of aromatic nitrogens is 4. The molecule has 2 heterocycles. The summed E-state index contributed by atoms with van der Waals surface area (Å²) in [7, 11) is 1.78. The number of rotatable bonds is 5. The molecule has 0 aliphatic heterocycles. The Kier molecular flexibility index (Phi) is 4.22. The predicted octanol–water partition coefficient (Wildman–Crippen LogP) is 0.803. The summed E-state index contributed by atoms with van der Waals surface area (Å²) in [6.07, 6.45) is 3.42. The monoisotopic (exact) mass is 312 g/mol. The van der Waals surface area contributed by atoms with E-state index in [1.165, 1.54) is 4.68 Å². The Bertz CT molecular complexity index is 692. The largest absolute Gasteiger partial charge is 0.408 e. The first kappa shape index (κ1) is 15.0. The first-order valence-electron chi connectivity index (χ1n) is 6.00. The fourth-order valence-corrected chi connectivity index (χ4v) is 1.94. The van der Waals surface area contributed by atoms with E-state index in [1.807, 2.05) is 0 Å². The third kappa shape index (κ3) is 3.37. The molecule has 0 aliphatic rings. The number of amides is 1. The van der Waals surface area contributed by atoms with Gasteiger partial charge < -0.3 is 15.4 Å². The van der Waals surface area contributed by atoms with Gasteiger partial charge in [-0.1, -0.05) is 11.6 Å². The van der Waals surface area contributed by atoms with Crippen molar-refractivity contribution in [2.45, 2.75) is 20.0 Å². The Morgan fingerprint density at radius 3 is 2.81 bits per heavy atom. The average molecular weight is 313 g/mol. The van der Waals surface area contributed by atoms with Crippen molar-refractivity contribution >= 4 is 23.3 Å². The summed E-state index contributed by atoms with van der Waals surface area (Å²) in [6.45, 7) is 1.75. The molecule has 0 fully saturated rings. The van der Waals surface area contributed by atoms with E-state index in [1.54, 1.807) is 31.0 Å². The molecule has 0 aliphatic carbocycles. The zero-order valence-corrected chi connectivity index (χ0v) is 12.2. The van der Waals surface area contributed by atoms with Gasteiger partial charge in [-0.05, 0) is 11.8 Å². The lowest BCUT2D eigenvalue weighted by Crippen LogP contribution is -2.27. The van der Waals surface area contributed by atoms with Crippen LogP contribution in [0.5, 0.6) is 0 Å². The fourth-order valence-electron chi connectivity index (χ4n) is 1.73. The summed E-state index contributed by atoms with van der Waals surface area (Å²) in [6, 6.07) is 0. The number of carbonyl (C=O) groups excluding carboxylic acids is 1. The molecule has 112 valence electrons. The van der Waals surface area contributed by atoms with Crippen LogP contribution in [0.15, 0.2) is 12.4 Å². The van der Waals surface area contributed by atoms with Crippen molar-refractivity contribution in [1.29, 1.82) is 0 Å². The molecule has 21 heavy (non-hydrogen) atoms. The molecule has 0 saturated heterocycles. The maximum atomic E-state index is 11.8. The number of nitro groups is 1. The van der Waals surface area contributed by atoms with Crippen LogP contribution < -0.4 is 5.32 Å². The van der Waals surface area contributed by atoms with Crippen LogP contribution in [0.25, 0.3) is 0 Å². The zero-order chi connectivity index (χ0) is 15.6. The molecule has 0 aromatic carbocycles. The van der Waals surface area contributed by atoms with Crippen LogP contribution in [0, 0.1) is 17.0 Å². The van der Waals surface area contributed by atoms with Crippen molar-refractivity contribution < 1.29 is 9.72 Å². The van der Waals surface area contributed by atoms with Crippen LogP contribution in [0.4, 0.5) is 5.82 Å². The van der Waals surface area contributed by atoms with Gasteiger partial charge in [-0.2, -0.15) is 9.78 Å². The first-order chi connectivity index (χ1) is 9.88. The van der Waals surface area contributed by atoms with E-state index in [4.69, 9.17) is 11.6 Å². The number of hydrogen-bond donors (Lipinski definition) is 1. The number of carbonyl (C=O) groups is 1. The van der Waals surface area contributed by atoms with E-state index in [9.17, 15) is 14.9 Å². The van der Waals surface area contributed by atoms with Crippen molar-refractivity contribution in [3.8, 4) is 0 Å². The van der Waals surface area contributed by atoms with Gasteiger partial charge in [0.2, 0.25) is 5.91 Å². The van der Waals surface area contributed by atoms with Crippen LogP contribution in [-0.2, 0) is 24.9 Å². The number of nitrogens with zero attached hydrogens (tertiary/aromatic N) is 5. The minimum Gasteiger partial charge on any atom is -0.358 e. The number of nitrogens with one attached hydrogen (secondary N) is 1. The smallest absolute Gasteiger partial charge is 0.358 e. The third-order valence-corrected chi connectivity index (χ3v) is 3.27. The van der Waals surface area contributed by atoms with E-state index in [0.29, 0.717) is 12.2 Å². The summed E-state index contributed by atoms with van der Waals surface area (Å²) < 4.78 is 2.83. The molecule has 0 saturated carbocycles. The van der Waals surface area contributed by atoms with Crippen molar-refractivity contribution in [2.75, 3.05) is 0 Å². The van der Waals surface area contributed by atoms with E-state index < -0.39 is 10.7 Å². The number of halogens is 1. The highest BCUT2D eigenvalue weighted by atomic mass is 35.5. The molecular weight excluding hydrogens is 300 g/mol.